The molecule has 0 aliphatic rings. The molecule has 3 nitrogen and oxygen atoms in total. The summed E-state index contributed by atoms with van der Waals surface area (Å²) in [5.41, 5.74) is 11.1. The van der Waals surface area contributed by atoms with Gasteiger partial charge in [-0.25, -0.2) is 0 Å². The normalized spacial score (nSPS) is 12.0. The van der Waals surface area contributed by atoms with Crippen molar-refractivity contribution in [3.63, 3.8) is 0 Å². The highest BCUT2D eigenvalue weighted by Crippen LogP contribution is 2.34. The highest BCUT2D eigenvalue weighted by Gasteiger charge is 2.18. The summed E-state index contributed by atoms with van der Waals surface area (Å²) in [6.45, 7) is 4.23. The van der Waals surface area contributed by atoms with Gasteiger partial charge in [-0.05, 0) is 49.1 Å². The van der Waals surface area contributed by atoms with Gasteiger partial charge in [-0.2, -0.15) is 0 Å². The summed E-state index contributed by atoms with van der Waals surface area (Å²) >= 11 is 0. The Morgan fingerprint density at radius 1 is 0.952 bits per heavy atom. The third kappa shape index (κ3) is 3.37. The largest absolute Gasteiger partial charge is 0.496 e. The zero-order valence-electron chi connectivity index (χ0n) is 13.1. The molecule has 1 unspecified atom stereocenters. The molecule has 0 saturated heterocycles. The van der Waals surface area contributed by atoms with Gasteiger partial charge in [0.1, 0.15) is 11.5 Å². The number of ether oxygens (including phenoxy) is 2. The zero-order valence-corrected chi connectivity index (χ0v) is 13.1. The molecule has 0 bridgehead atoms. The molecule has 0 aliphatic carbocycles. The number of hydrogen-bond acceptors (Lipinski definition) is 3. The van der Waals surface area contributed by atoms with E-state index in [4.69, 9.17) is 15.2 Å². The molecule has 2 rings (SSSR count). The van der Waals surface area contributed by atoms with Crippen LogP contribution in [0.3, 0.4) is 0 Å². The predicted molar refractivity (Wildman–Crippen MR) is 86.1 cm³/mol. The van der Waals surface area contributed by atoms with Gasteiger partial charge >= 0.3 is 0 Å². The van der Waals surface area contributed by atoms with Crippen LogP contribution in [0.1, 0.15) is 28.3 Å². The van der Waals surface area contributed by atoms with Crippen molar-refractivity contribution in [1.29, 1.82) is 0 Å². The van der Waals surface area contributed by atoms with E-state index in [9.17, 15) is 0 Å². The Labute approximate surface area is 126 Å². The molecule has 0 aliphatic heterocycles. The fraction of sp³-hybridized carbons (Fsp3) is 0.333. The SMILES string of the molecule is COc1cccc(OC)c1C(N)Cc1ccc(C)c(C)c1. The predicted octanol–water partition coefficient (Wildman–Crippen LogP) is 3.56. The van der Waals surface area contributed by atoms with Crippen molar-refractivity contribution in [2.24, 2.45) is 5.73 Å². The van der Waals surface area contributed by atoms with E-state index in [-0.39, 0.29) is 6.04 Å². The number of aryl methyl sites for hydroxylation is 2. The Hall–Kier alpha value is -2.00. The fourth-order valence-corrected chi connectivity index (χ4v) is 2.53. The van der Waals surface area contributed by atoms with E-state index in [0.717, 1.165) is 23.5 Å². The van der Waals surface area contributed by atoms with E-state index in [1.807, 2.05) is 18.2 Å². The lowest BCUT2D eigenvalue weighted by Gasteiger charge is -2.19. The molecule has 3 heteroatoms. The standard InChI is InChI=1S/C18H23NO2/c1-12-8-9-14(10-13(12)2)11-15(19)18-16(20-3)6-5-7-17(18)21-4/h5-10,15H,11,19H2,1-4H3. The van der Waals surface area contributed by atoms with Gasteiger partial charge in [0.2, 0.25) is 0 Å². The first kappa shape index (κ1) is 15.4. The third-order valence-corrected chi connectivity index (χ3v) is 3.86. The molecule has 21 heavy (non-hydrogen) atoms. The summed E-state index contributed by atoms with van der Waals surface area (Å²) in [6.07, 6.45) is 0.748. The first-order chi connectivity index (χ1) is 10.1. The van der Waals surface area contributed by atoms with Gasteiger partial charge in [-0.1, -0.05) is 24.3 Å². The lowest BCUT2D eigenvalue weighted by molar-refractivity contribution is 0.379. The van der Waals surface area contributed by atoms with E-state index in [0.29, 0.717) is 0 Å². The van der Waals surface area contributed by atoms with Crippen LogP contribution in [0.2, 0.25) is 0 Å². The number of methoxy groups -OCH3 is 2. The maximum atomic E-state index is 6.41. The topological polar surface area (TPSA) is 44.5 Å². The van der Waals surface area contributed by atoms with Crippen LogP contribution in [-0.4, -0.2) is 14.2 Å². The maximum absolute atomic E-state index is 6.41. The minimum absolute atomic E-state index is 0.168. The van der Waals surface area contributed by atoms with Gasteiger partial charge in [0, 0.05) is 6.04 Å². The second-order valence-electron chi connectivity index (χ2n) is 5.31. The molecule has 2 aromatic carbocycles. The summed E-state index contributed by atoms with van der Waals surface area (Å²) in [4.78, 5) is 0. The third-order valence-electron chi connectivity index (χ3n) is 3.86. The molecule has 0 aromatic heterocycles. The van der Waals surface area contributed by atoms with Gasteiger partial charge in [0.15, 0.2) is 0 Å². The molecule has 2 aromatic rings. The smallest absolute Gasteiger partial charge is 0.127 e. The summed E-state index contributed by atoms with van der Waals surface area (Å²) in [5, 5.41) is 0. The van der Waals surface area contributed by atoms with E-state index < -0.39 is 0 Å². The van der Waals surface area contributed by atoms with Crippen LogP contribution in [0, 0.1) is 13.8 Å². The quantitative estimate of drug-likeness (QED) is 0.913. The van der Waals surface area contributed by atoms with Crippen molar-refractivity contribution in [3.8, 4) is 11.5 Å². The highest BCUT2D eigenvalue weighted by molar-refractivity contribution is 5.47. The van der Waals surface area contributed by atoms with Crippen LogP contribution in [0.4, 0.5) is 0 Å². The first-order valence-corrected chi connectivity index (χ1v) is 7.09. The van der Waals surface area contributed by atoms with Crippen LogP contribution in [0.5, 0.6) is 11.5 Å². The van der Waals surface area contributed by atoms with Crippen LogP contribution in [-0.2, 0) is 6.42 Å². The molecule has 0 fully saturated rings. The lowest BCUT2D eigenvalue weighted by Crippen LogP contribution is -2.16. The minimum atomic E-state index is -0.168. The van der Waals surface area contributed by atoms with Crippen molar-refractivity contribution in [2.45, 2.75) is 26.3 Å². The molecule has 1 atom stereocenters. The number of hydrogen-bond donors (Lipinski definition) is 1. The average molecular weight is 285 g/mol. The Kier molecular flexibility index (Phi) is 4.86. The van der Waals surface area contributed by atoms with Gasteiger partial charge < -0.3 is 15.2 Å². The molecular weight excluding hydrogens is 262 g/mol. The highest BCUT2D eigenvalue weighted by atomic mass is 16.5. The summed E-state index contributed by atoms with van der Waals surface area (Å²) in [6, 6.07) is 12.0. The monoisotopic (exact) mass is 285 g/mol. The Morgan fingerprint density at radius 3 is 2.10 bits per heavy atom. The molecule has 0 heterocycles. The van der Waals surface area contributed by atoms with Crippen LogP contribution >= 0.6 is 0 Å². The Morgan fingerprint density at radius 2 is 1.57 bits per heavy atom. The van der Waals surface area contributed by atoms with E-state index >= 15 is 0 Å². The molecule has 112 valence electrons. The Bertz CT molecular complexity index is 600. The van der Waals surface area contributed by atoms with Crippen molar-refractivity contribution in [1.82, 2.24) is 0 Å². The lowest BCUT2D eigenvalue weighted by atomic mass is 9.96. The van der Waals surface area contributed by atoms with Crippen LogP contribution in [0.25, 0.3) is 0 Å². The van der Waals surface area contributed by atoms with Crippen molar-refractivity contribution in [3.05, 3.63) is 58.7 Å². The molecule has 0 spiro atoms. The average Bonchev–Trinajstić information content (AvgIpc) is 2.49. The second kappa shape index (κ2) is 6.64. The molecule has 2 N–H and O–H groups in total. The molecule has 0 radical (unpaired) electrons. The Balaban J connectivity index is 2.31. The first-order valence-electron chi connectivity index (χ1n) is 7.09. The minimum Gasteiger partial charge on any atom is -0.496 e. The van der Waals surface area contributed by atoms with E-state index in [1.54, 1.807) is 14.2 Å². The van der Waals surface area contributed by atoms with Crippen molar-refractivity contribution < 1.29 is 9.47 Å². The zero-order chi connectivity index (χ0) is 15.4. The molecule has 0 amide bonds. The summed E-state index contributed by atoms with van der Waals surface area (Å²) in [7, 11) is 3.31. The van der Waals surface area contributed by atoms with Gasteiger partial charge in [-0.3, -0.25) is 0 Å². The van der Waals surface area contributed by atoms with Gasteiger partial charge in [0.05, 0.1) is 19.8 Å². The fourth-order valence-electron chi connectivity index (χ4n) is 2.53. The number of benzene rings is 2. The van der Waals surface area contributed by atoms with E-state index in [1.165, 1.54) is 16.7 Å². The molecule has 0 saturated carbocycles. The molecular formula is C18H23NO2. The maximum Gasteiger partial charge on any atom is 0.127 e. The van der Waals surface area contributed by atoms with Gasteiger partial charge in [0.25, 0.3) is 0 Å². The second-order valence-corrected chi connectivity index (χ2v) is 5.31. The van der Waals surface area contributed by atoms with Crippen LogP contribution < -0.4 is 15.2 Å². The van der Waals surface area contributed by atoms with Crippen molar-refractivity contribution in [2.75, 3.05) is 14.2 Å². The summed E-state index contributed by atoms with van der Waals surface area (Å²) < 4.78 is 10.9. The van der Waals surface area contributed by atoms with E-state index in [2.05, 4.69) is 32.0 Å². The van der Waals surface area contributed by atoms with Crippen molar-refractivity contribution >= 4 is 0 Å². The van der Waals surface area contributed by atoms with Crippen LogP contribution in [0.15, 0.2) is 36.4 Å². The number of rotatable bonds is 5. The summed E-state index contributed by atoms with van der Waals surface area (Å²) in [5.74, 6) is 1.54. The number of nitrogens with two attached hydrogens (primary N) is 1. The van der Waals surface area contributed by atoms with Gasteiger partial charge in [-0.15, -0.1) is 0 Å².